The first-order valence-corrected chi connectivity index (χ1v) is 6.43. The van der Waals surface area contributed by atoms with Gasteiger partial charge in [-0.1, -0.05) is 11.6 Å². The van der Waals surface area contributed by atoms with Crippen LogP contribution in [0.5, 0.6) is 0 Å². The molecule has 17 heavy (non-hydrogen) atoms. The molecule has 2 rings (SSSR count). The Morgan fingerprint density at radius 3 is 2.82 bits per heavy atom. The van der Waals surface area contributed by atoms with Gasteiger partial charge in [-0.05, 0) is 38.5 Å². The molecule has 2 fully saturated rings. The van der Waals surface area contributed by atoms with Gasteiger partial charge in [0.05, 0.1) is 5.92 Å². The number of amides is 1. The van der Waals surface area contributed by atoms with Gasteiger partial charge >= 0.3 is 0 Å². The Morgan fingerprint density at radius 1 is 1.41 bits per heavy atom. The van der Waals surface area contributed by atoms with Crippen molar-refractivity contribution in [2.24, 2.45) is 22.7 Å². The van der Waals surface area contributed by atoms with E-state index in [0.29, 0.717) is 12.0 Å². The summed E-state index contributed by atoms with van der Waals surface area (Å²) in [6, 6.07) is 0.394. The van der Waals surface area contributed by atoms with Gasteiger partial charge in [0.1, 0.15) is 0 Å². The summed E-state index contributed by atoms with van der Waals surface area (Å²) >= 11 is 0. The predicted molar refractivity (Wildman–Crippen MR) is 64.6 cm³/mol. The average molecular weight is 239 g/mol. The van der Waals surface area contributed by atoms with Crippen LogP contribution in [-0.4, -0.2) is 34.4 Å². The molecule has 1 aliphatic heterocycles. The minimum absolute atomic E-state index is 0.00937. The number of hydrogen-bond acceptors (Lipinski definition) is 3. The van der Waals surface area contributed by atoms with Gasteiger partial charge in [0.15, 0.2) is 5.84 Å². The summed E-state index contributed by atoms with van der Waals surface area (Å²) in [5.41, 5.74) is 5.51. The van der Waals surface area contributed by atoms with Crippen molar-refractivity contribution in [1.29, 1.82) is 0 Å². The summed E-state index contributed by atoms with van der Waals surface area (Å²) in [4.78, 5) is 14.3. The second-order valence-electron chi connectivity index (χ2n) is 5.18. The third-order valence-electron chi connectivity index (χ3n) is 4.21. The molecular weight excluding hydrogens is 218 g/mol. The summed E-state index contributed by atoms with van der Waals surface area (Å²) in [5, 5.41) is 11.6. The number of hydrogen-bond donors (Lipinski definition) is 2. The number of amidine groups is 1. The standard InChI is InChI=1S/C12H21N3O2/c1-8(11(13)14-17)12(16)15-7-3-5-9-4-2-6-10(9)15/h8-10,17H,2-7H2,1H3,(H2,13,14). The van der Waals surface area contributed by atoms with Gasteiger partial charge in [0, 0.05) is 12.6 Å². The van der Waals surface area contributed by atoms with Crippen molar-refractivity contribution in [3.8, 4) is 0 Å². The second-order valence-corrected chi connectivity index (χ2v) is 5.18. The van der Waals surface area contributed by atoms with Crippen LogP contribution in [0.3, 0.4) is 0 Å². The van der Waals surface area contributed by atoms with Crippen LogP contribution in [-0.2, 0) is 4.79 Å². The molecule has 3 N–H and O–H groups in total. The third-order valence-corrected chi connectivity index (χ3v) is 4.21. The zero-order valence-electron chi connectivity index (χ0n) is 10.3. The number of oxime groups is 1. The van der Waals surface area contributed by atoms with Gasteiger partial charge in [-0.25, -0.2) is 0 Å². The van der Waals surface area contributed by atoms with Gasteiger partial charge in [0.2, 0.25) is 5.91 Å². The fraction of sp³-hybridized carbons (Fsp3) is 0.833. The Morgan fingerprint density at radius 2 is 2.12 bits per heavy atom. The lowest BCUT2D eigenvalue weighted by atomic mass is 9.91. The van der Waals surface area contributed by atoms with Crippen LogP contribution in [0.15, 0.2) is 5.16 Å². The summed E-state index contributed by atoms with van der Waals surface area (Å²) in [7, 11) is 0. The van der Waals surface area contributed by atoms with Crippen molar-refractivity contribution in [3.05, 3.63) is 0 Å². The molecule has 2 aliphatic rings. The number of carbonyl (C=O) groups excluding carboxylic acids is 1. The molecule has 1 aliphatic carbocycles. The summed E-state index contributed by atoms with van der Waals surface area (Å²) in [6.07, 6.45) is 5.89. The van der Waals surface area contributed by atoms with E-state index in [0.717, 1.165) is 19.4 Å². The molecule has 96 valence electrons. The molecule has 0 aromatic heterocycles. The lowest BCUT2D eigenvalue weighted by Crippen LogP contribution is -2.50. The second kappa shape index (κ2) is 4.94. The highest BCUT2D eigenvalue weighted by atomic mass is 16.4. The molecule has 0 bridgehead atoms. The van der Waals surface area contributed by atoms with E-state index in [9.17, 15) is 4.79 Å². The number of fused-ring (bicyclic) bond motifs is 1. The Bertz CT molecular complexity index is 330. The molecule has 0 aromatic carbocycles. The highest BCUT2D eigenvalue weighted by Gasteiger charge is 2.39. The van der Waals surface area contributed by atoms with E-state index in [1.807, 2.05) is 4.90 Å². The largest absolute Gasteiger partial charge is 0.409 e. The van der Waals surface area contributed by atoms with E-state index in [1.54, 1.807) is 6.92 Å². The van der Waals surface area contributed by atoms with Crippen LogP contribution in [0.2, 0.25) is 0 Å². The molecular formula is C12H21N3O2. The average Bonchev–Trinajstić information content (AvgIpc) is 2.83. The van der Waals surface area contributed by atoms with Crippen molar-refractivity contribution in [3.63, 3.8) is 0 Å². The molecule has 3 unspecified atom stereocenters. The fourth-order valence-corrected chi connectivity index (χ4v) is 3.19. The van der Waals surface area contributed by atoms with E-state index >= 15 is 0 Å². The van der Waals surface area contributed by atoms with E-state index < -0.39 is 5.92 Å². The number of rotatable bonds is 2. The summed E-state index contributed by atoms with van der Waals surface area (Å²) < 4.78 is 0. The zero-order chi connectivity index (χ0) is 12.4. The Balaban J connectivity index is 2.08. The van der Waals surface area contributed by atoms with E-state index in [4.69, 9.17) is 10.9 Å². The first-order chi connectivity index (χ1) is 8.15. The molecule has 0 radical (unpaired) electrons. The third kappa shape index (κ3) is 2.23. The van der Waals surface area contributed by atoms with Crippen LogP contribution in [0, 0.1) is 11.8 Å². The lowest BCUT2D eigenvalue weighted by Gasteiger charge is -2.39. The van der Waals surface area contributed by atoms with Crippen LogP contribution in [0.1, 0.15) is 39.0 Å². The molecule has 1 saturated carbocycles. The van der Waals surface area contributed by atoms with Crippen molar-refractivity contribution >= 4 is 11.7 Å². The highest BCUT2D eigenvalue weighted by Crippen LogP contribution is 2.37. The SMILES string of the molecule is CC(C(=O)N1CCCC2CCCC21)C(N)=NO. The molecule has 0 spiro atoms. The quantitative estimate of drug-likeness (QED) is 0.328. The van der Waals surface area contributed by atoms with Crippen molar-refractivity contribution < 1.29 is 10.0 Å². The van der Waals surface area contributed by atoms with Crippen molar-refractivity contribution in [1.82, 2.24) is 4.90 Å². The summed E-state index contributed by atoms with van der Waals surface area (Å²) in [5.74, 6) is 0.179. The van der Waals surface area contributed by atoms with Crippen molar-refractivity contribution in [2.75, 3.05) is 6.54 Å². The number of carbonyl (C=O) groups is 1. The normalized spacial score (nSPS) is 31.1. The highest BCUT2D eigenvalue weighted by molar-refractivity contribution is 6.01. The maximum Gasteiger partial charge on any atom is 0.233 e. The Labute approximate surface area is 102 Å². The molecule has 1 amide bonds. The number of piperidine rings is 1. The minimum atomic E-state index is -0.514. The Hall–Kier alpha value is -1.26. The minimum Gasteiger partial charge on any atom is -0.409 e. The van der Waals surface area contributed by atoms with E-state index in [2.05, 4.69) is 5.16 Å². The molecule has 3 atom stereocenters. The number of nitrogens with zero attached hydrogens (tertiary/aromatic N) is 2. The lowest BCUT2D eigenvalue weighted by molar-refractivity contribution is -0.137. The predicted octanol–water partition coefficient (Wildman–Crippen LogP) is 1.16. The van der Waals surface area contributed by atoms with Crippen LogP contribution >= 0.6 is 0 Å². The van der Waals surface area contributed by atoms with E-state index in [-0.39, 0.29) is 11.7 Å². The molecule has 1 saturated heterocycles. The summed E-state index contributed by atoms with van der Waals surface area (Å²) in [6.45, 7) is 2.53. The maximum atomic E-state index is 12.3. The van der Waals surface area contributed by atoms with E-state index in [1.165, 1.54) is 19.3 Å². The topological polar surface area (TPSA) is 78.9 Å². The number of likely N-dealkylation sites (tertiary alicyclic amines) is 1. The molecule has 1 heterocycles. The van der Waals surface area contributed by atoms with Crippen molar-refractivity contribution in [2.45, 2.75) is 45.1 Å². The van der Waals surface area contributed by atoms with Crippen LogP contribution in [0.25, 0.3) is 0 Å². The van der Waals surface area contributed by atoms with Gasteiger partial charge in [-0.3, -0.25) is 4.79 Å². The molecule has 5 heteroatoms. The monoisotopic (exact) mass is 239 g/mol. The van der Waals surface area contributed by atoms with Gasteiger partial charge in [-0.2, -0.15) is 0 Å². The first kappa shape index (κ1) is 12.2. The fourth-order valence-electron chi connectivity index (χ4n) is 3.19. The Kier molecular flexibility index (Phi) is 3.54. The molecule has 0 aromatic rings. The smallest absolute Gasteiger partial charge is 0.233 e. The zero-order valence-corrected chi connectivity index (χ0v) is 10.3. The maximum absolute atomic E-state index is 12.3. The van der Waals surface area contributed by atoms with Gasteiger partial charge in [-0.15, -0.1) is 0 Å². The first-order valence-electron chi connectivity index (χ1n) is 6.43. The molecule has 5 nitrogen and oxygen atoms in total. The van der Waals surface area contributed by atoms with Crippen LogP contribution < -0.4 is 5.73 Å². The van der Waals surface area contributed by atoms with Crippen LogP contribution in [0.4, 0.5) is 0 Å². The van der Waals surface area contributed by atoms with Gasteiger partial charge < -0.3 is 15.8 Å². The number of nitrogens with two attached hydrogens (primary N) is 1. The van der Waals surface area contributed by atoms with Gasteiger partial charge in [0.25, 0.3) is 0 Å².